The van der Waals surface area contributed by atoms with Crippen LogP contribution in [0.2, 0.25) is 0 Å². The van der Waals surface area contributed by atoms with Crippen LogP contribution in [0.25, 0.3) is 0 Å². The molecule has 0 spiro atoms. The molecule has 1 aromatic carbocycles. The molecule has 1 aliphatic carbocycles. The second-order valence-electron chi connectivity index (χ2n) is 3.95. The van der Waals surface area contributed by atoms with E-state index in [9.17, 15) is 0 Å². The van der Waals surface area contributed by atoms with E-state index in [4.69, 9.17) is 11.5 Å². The Kier molecular flexibility index (Phi) is 1.23. The lowest BCUT2D eigenvalue weighted by Gasteiger charge is -2.53. The number of hydrogen-bond acceptors (Lipinski definition) is 2. The van der Waals surface area contributed by atoms with Gasteiger partial charge in [-0.2, -0.15) is 0 Å². The average molecular weight is 162 g/mol. The predicted molar refractivity (Wildman–Crippen MR) is 49.5 cm³/mol. The molecule has 2 atom stereocenters. The Hall–Kier alpha value is -0.860. The first-order chi connectivity index (χ1) is 5.48. The van der Waals surface area contributed by atoms with E-state index in [0.717, 1.165) is 0 Å². The van der Waals surface area contributed by atoms with Crippen LogP contribution >= 0.6 is 0 Å². The number of nitrogens with two attached hydrogens (primary N) is 2. The van der Waals surface area contributed by atoms with E-state index in [0.29, 0.717) is 0 Å². The molecule has 2 nitrogen and oxygen atoms in total. The maximum absolute atomic E-state index is 6.09. The van der Waals surface area contributed by atoms with Crippen LogP contribution in [0, 0.1) is 0 Å². The normalized spacial score (nSPS) is 38.7. The molecular formula is C10H14N2. The third kappa shape index (κ3) is 0.625. The second-order valence-corrected chi connectivity index (χ2v) is 3.95. The van der Waals surface area contributed by atoms with E-state index < -0.39 is 0 Å². The summed E-state index contributed by atoms with van der Waals surface area (Å²) < 4.78 is 0. The number of rotatable bonds is 0. The molecule has 2 rings (SSSR count). The zero-order valence-electron chi connectivity index (χ0n) is 7.46. The van der Waals surface area contributed by atoms with Crippen LogP contribution in [-0.4, -0.2) is 0 Å². The first-order valence-electron chi connectivity index (χ1n) is 4.15. The Bertz CT molecular complexity index is 293. The summed E-state index contributed by atoms with van der Waals surface area (Å²) in [5.74, 6) is 0. The highest BCUT2D eigenvalue weighted by molar-refractivity contribution is 5.51. The summed E-state index contributed by atoms with van der Waals surface area (Å²) in [5, 5.41) is 0. The van der Waals surface area contributed by atoms with Gasteiger partial charge in [-0.3, -0.25) is 0 Å². The molecule has 2 unspecified atom stereocenters. The highest BCUT2D eigenvalue weighted by Crippen LogP contribution is 2.48. The van der Waals surface area contributed by atoms with Crippen molar-refractivity contribution in [1.29, 1.82) is 0 Å². The standard InChI is InChI=1S/C10H14N2/c1-9(11)7-5-3-4-6-8(7)10(9,2)12/h3-6H,11-12H2,1-2H3. The maximum atomic E-state index is 6.09. The van der Waals surface area contributed by atoms with Gasteiger partial charge in [0.15, 0.2) is 0 Å². The SMILES string of the molecule is CC1(N)c2ccccc2C1(C)N. The predicted octanol–water partition coefficient (Wildman–Crippen LogP) is 1.05. The highest BCUT2D eigenvalue weighted by Gasteiger charge is 2.52. The number of benzene rings is 1. The van der Waals surface area contributed by atoms with Crippen LogP contribution in [0.4, 0.5) is 0 Å². The van der Waals surface area contributed by atoms with Gasteiger partial charge >= 0.3 is 0 Å². The Labute approximate surface area is 72.6 Å². The molecular weight excluding hydrogens is 148 g/mol. The lowest BCUT2D eigenvalue weighted by Crippen LogP contribution is -2.65. The fraction of sp³-hybridized carbons (Fsp3) is 0.400. The fourth-order valence-corrected chi connectivity index (χ4v) is 1.89. The van der Waals surface area contributed by atoms with Crippen molar-refractivity contribution >= 4 is 0 Å². The van der Waals surface area contributed by atoms with E-state index in [1.54, 1.807) is 0 Å². The van der Waals surface area contributed by atoms with E-state index in [1.165, 1.54) is 11.1 Å². The molecule has 0 fully saturated rings. The van der Waals surface area contributed by atoms with Gasteiger partial charge in [-0.25, -0.2) is 0 Å². The average Bonchev–Trinajstić information content (AvgIpc) is 2.04. The van der Waals surface area contributed by atoms with Crippen molar-refractivity contribution in [2.75, 3.05) is 0 Å². The van der Waals surface area contributed by atoms with Gasteiger partial charge in [-0.1, -0.05) is 24.3 Å². The van der Waals surface area contributed by atoms with Crippen LogP contribution in [0.3, 0.4) is 0 Å². The fourth-order valence-electron chi connectivity index (χ4n) is 1.89. The Balaban J connectivity index is 2.64. The summed E-state index contributed by atoms with van der Waals surface area (Å²) >= 11 is 0. The highest BCUT2D eigenvalue weighted by atomic mass is 15.0. The number of fused-ring (bicyclic) bond motifs is 1. The van der Waals surface area contributed by atoms with Gasteiger partial charge in [0.25, 0.3) is 0 Å². The van der Waals surface area contributed by atoms with Gasteiger partial charge in [0.2, 0.25) is 0 Å². The van der Waals surface area contributed by atoms with E-state index in [1.807, 2.05) is 38.1 Å². The van der Waals surface area contributed by atoms with Gasteiger partial charge in [0, 0.05) is 0 Å². The summed E-state index contributed by atoms with van der Waals surface area (Å²) in [6, 6.07) is 8.09. The smallest absolute Gasteiger partial charge is 0.0606 e. The molecule has 0 aromatic heterocycles. The van der Waals surface area contributed by atoms with Gasteiger partial charge in [-0.05, 0) is 25.0 Å². The zero-order valence-corrected chi connectivity index (χ0v) is 7.46. The van der Waals surface area contributed by atoms with E-state index >= 15 is 0 Å². The Morgan fingerprint density at radius 2 is 1.25 bits per heavy atom. The molecule has 0 bridgehead atoms. The molecule has 1 aliphatic rings. The van der Waals surface area contributed by atoms with E-state index in [2.05, 4.69) is 0 Å². The first-order valence-corrected chi connectivity index (χ1v) is 4.15. The zero-order chi connectivity index (χ0) is 8.98. The van der Waals surface area contributed by atoms with Gasteiger partial charge in [-0.15, -0.1) is 0 Å². The summed E-state index contributed by atoms with van der Waals surface area (Å²) in [4.78, 5) is 0. The van der Waals surface area contributed by atoms with Crippen LogP contribution < -0.4 is 11.5 Å². The lowest BCUT2D eigenvalue weighted by atomic mass is 9.59. The van der Waals surface area contributed by atoms with Crippen molar-refractivity contribution in [2.45, 2.75) is 24.9 Å². The molecule has 0 heterocycles. The molecule has 64 valence electrons. The van der Waals surface area contributed by atoms with Crippen molar-refractivity contribution in [1.82, 2.24) is 0 Å². The summed E-state index contributed by atoms with van der Waals surface area (Å²) in [6.07, 6.45) is 0. The van der Waals surface area contributed by atoms with Crippen molar-refractivity contribution < 1.29 is 0 Å². The third-order valence-corrected chi connectivity index (χ3v) is 3.12. The van der Waals surface area contributed by atoms with Crippen LogP contribution in [0.15, 0.2) is 24.3 Å². The summed E-state index contributed by atoms with van der Waals surface area (Å²) in [5.41, 5.74) is 13.8. The topological polar surface area (TPSA) is 52.0 Å². The molecule has 4 N–H and O–H groups in total. The molecule has 2 heteroatoms. The molecule has 12 heavy (non-hydrogen) atoms. The lowest BCUT2D eigenvalue weighted by molar-refractivity contribution is 0.210. The Morgan fingerprint density at radius 3 is 1.58 bits per heavy atom. The molecule has 0 aliphatic heterocycles. The van der Waals surface area contributed by atoms with Crippen molar-refractivity contribution in [2.24, 2.45) is 11.5 Å². The minimum Gasteiger partial charge on any atom is -0.320 e. The van der Waals surface area contributed by atoms with Gasteiger partial charge in [0.1, 0.15) is 0 Å². The van der Waals surface area contributed by atoms with Crippen LogP contribution in [0.1, 0.15) is 25.0 Å². The van der Waals surface area contributed by atoms with Crippen molar-refractivity contribution in [3.63, 3.8) is 0 Å². The molecule has 0 saturated carbocycles. The van der Waals surface area contributed by atoms with Crippen LogP contribution in [-0.2, 0) is 11.1 Å². The third-order valence-electron chi connectivity index (χ3n) is 3.12. The largest absolute Gasteiger partial charge is 0.320 e. The first kappa shape index (κ1) is 7.77. The molecule has 0 radical (unpaired) electrons. The molecule has 0 amide bonds. The summed E-state index contributed by atoms with van der Waals surface area (Å²) in [6.45, 7) is 3.96. The minimum absolute atomic E-state index is 0.371. The van der Waals surface area contributed by atoms with Gasteiger partial charge < -0.3 is 11.5 Å². The Morgan fingerprint density at radius 1 is 0.917 bits per heavy atom. The quantitative estimate of drug-likeness (QED) is 0.599. The monoisotopic (exact) mass is 162 g/mol. The molecule has 1 aromatic rings. The van der Waals surface area contributed by atoms with Crippen LogP contribution in [0.5, 0.6) is 0 Å². The van der Waals surface area contributed by atoms with Crippen molar-refractivity contribution in [3.8, 4) is 0 Å². The van der Waals surface area contributed by atoms with Crippen molar-refractivity contribution in [3.05, 3.63) is 35.4 Å². The van der Waals surface area contributed by atoms with E-state index in [-0.39, 0.29) is 11.1 Å². The number of hydrogen-bond donors (Lipinski definition) is 2. The molecule has 0 saturated heterocycles. The van der Waals surface area contributed by atoms with Gasteiger partial charge in [0.05, 0.1) is 11.1 Å². The summed E-state index contributed by atoms with van der Waals surface area (Å²) in [7, 11) is 0. The second kappa shape index (κ2) is 1.90. The minimum atomic E-state index is -0.371. The maximum Gasteiger partial charge on any atom is 0.0606 e.